The minimum Gasteiger partial charge on any atom is -0.366 e. The fourth-order valence-electron chi connectivity index (χ4n) is 2.59. The highest BCUT2D eigenvalue weighted by Gasteiger charge is 2.49. The second kappa shape index (κ2) is 6.06. The van der Waals surface area contributed by atoms with Gasteiger partial charge in [-0.15, -0.1) is 0 Å². The first-order valence-corrected chi connectivity index (χ1v) is 8.02. The number of hydrogen-bond donors (Lipinski definition) is 2. The Morgan fingerprint density at radius 1 is 0.826 bits per heavy atom. The van der Waals surface area contributed by atoms with Crippen LogP contribution in [0.2, 0.25) is 20.1 Å². The molecule has 1 aliphatic heterocycles. The molecule has 0 saturated carbocycles. The van der Waals surface area contributed by atoms with Gasteiger partial charge < -0.3 is 10.2 Å². The molecule has 0 bridgehead atoms. The molecule has 0 spiro atoms. The van der Waals surface area contributed by atoms with Crippen molar-refractivity contribution in [2.45, 2.75) is 33.1 Å². The number of hydrogen-bond acceptors (Lipinski definition) is 4. The van der Waals surface area contributed by atoms with Crippen molar-refractivity contribution in [2.24, 2.45) is 5.41 Å². The summed E-state index contributed by atoms with van der Waals surface area (Å²) >= 11 is 23.9. The Kier molecular flexibility index (Phi) is 4.95. The van der Waals surface area contributed by atoms with Crippen LogP contribution in [0.1, 0.15) is 41.5 Å². The maximum atomic E-state index is 12.7. The summed E-state index contributed by atoms with van der Waals surface area (Å²) in [5, 5.41) is 18.6. The van der Waals surface area contributed by atoms with Crippen molar-refractivity contribution in [3.63, 3.8) is 0 Å². The van der Waals surface area contributed by atoms with Crippen LogP contribution in [0.15, 0.2) is 0 Å². The SMILES string of the molecule is CC(C)(C)[C@@H](C(O)O)N1C(=O)c2c(Cl)c(Cl)c(Cl)c(Cl)c2C1=O. The van der Waals surface area contributed by atoms with Crippen molar-refractivity contribution in [1.82, 2.24) is 4.90 Å². The van der Waals surface area contributed by atoms with E-state index in [1.54, 1.807) is 20.8 Å². The Labute approximate surface area is 152 Å². The van der Waals surface area contributed by atoms with Gasteiger partial charge in [0.2, 0.25) is 0 Å². The van der Waals surface area contributed by atoms with Crippen LogP contribution >= 0.6 is 46.4 Å². The van der Waals surface area contributed by atoms with Crippen molar-refractivity contribution < 1.29 is 19.8 Å². The number of amides is 2. The van der Waals surface area contributed by atoms with Crippen LogP contribution in [0.5, 0.6) is 0 Å². The molecule has 0 unspecified atom stereocenters. The van der Waals surface area contributed by atoms with Gasteiger partial charge in [0.15, 0.2) is 6.29 Å². The molecule has 1 aromatic carbocycles. The van der Waals surface area contributed by atoms with Gasteiger partial charge in [0.25, 0.3) is 11.8 Å². The second-order valence-corrected chi connectivity index (χ2v) is 7.72. The van der Waals surface area contributed by atoms with Gasteiger partial charge in [-0.05, 0) is 5.41 Å². The summed E-state index contributed by atoms with van der Waals surface area (Å²) < 4.78 is 0. The van der Waals surface area contributed by atoms with Crippen LogP contribution in [0.3, 0.4) is 0 Å². The molecule has 1 aromatic rings. The van der Waals surface area contributed by atoms with Gasteiger partial charge in [-0.25, -0.2) is 0 Å². The number of imide groups is 1. The number of nitrogens with zero attached hydrogens (tertiary/aromatic N) is 1. The molecule has 5 nitrogen and oxygen atoms in total. The van der Waals surface area contributed by atoms with E-state index in [0.717, 1.165) is 4.90 Å². The molecule has 0 aromatic heterocycles. The Balaban J connectivity index is 2.71. The van der Waals surface area contributed by atoms with E-state index in [4.69, 9.17) is 46.4 Å². The molecule has 0 aliphatic carbocycles. The third-order valence-corrected chi connectivity index (χ3v) is 5.38. The molecule has 23 heavy (non-hydrogen) atoms. The van der Waals surface area contributed by atoms with Gasteiger partial charge in [-0.2, -0.15) is 0 Å². The molecule has 1 aliphatic rings. The Morgan fingerprint density at radius 2 is 1.17 bits per heavy atom. The fourth-order valence-corrected chi connectivity index (χ4v) is 3.60. The lowest BCUT2D eigenvalue weighted by atomic mass is 9.85. The second-order valence-electron chi connectivity index (χ2n) is 6.21. The van der Waals surface area contributed by atoms with Crippen molar-refractivity contribution in [1.29, 1.82) is 0 Å². The first-order valence-electron chi connectivity index (χ1n) is 6.51. The minimum absolute atomic E-state index is 0.142. The number of fused-ring (bicyclic) bond motifs is 1. The maximum Gasteiger partial charge on any atom is 0.263 e. The van der Waals surface area contributed by atoms with Crippen LogP contribution < -0.4 is 0 Å². The summed E-state index contributed by atoms with van der Waals surface area (Å²) in [6.07, 6.45) is -1.94. The summed E-state index contributed by atoms with van der Waals surface area (Å²) in [5.74, 6) is -1.60. The Hall–Kier alpha value is -0.560. The number of carbonyl (C=O) groups is 2. The van der Waals surface area contributed by atoms with Crippen LogP contribution in [-0.2, 0) is 0 Å². The van der Waals surface area contributed by atoms with E-state index >= 15 is 0 Å². The van der Waals surface area contributed by atoms with Gasteiger partial charge in [0.1, 0.15) is 0 Å². The number of halogens is 4. The summed E-state index contributed by atoms with van der Waals surface area (Å²) in [4.78, 5) is 26.1. The molecule has 0 fully saturated rings. The van der Waals surface area contributed by atoms with Gasteiger partial charge in [0, 0.05) is 0 Å². The normalized spacial score (nSPS) is 16.3. The van der Waals surface area contributed by atoms with Crippen molar-refractivity contribution in [3.05, 3.63) is 31.2 Å². The van der Waals surface area contributed by atoms with Crippen LogP contribution in [0, 0.1) is 5.41 Å². The highest BCUT2D eigenvalue weighted by molar-refractivity contribution is 6.55. The average molecular weight is 401 g/mol. The summed E-state index contributed by atoms with van der Waals surface area (Å²) in [6.45, 7) is 4.97. The predicted molar refractivity (Wildman–Crippen MR) is 88.5 cm³/mol. The molecule has 1 heterocycles. The number of aliphatic hydroxyl groups is 2. The number of rotatable bonds is 2. The lowest BCUT2D eigenvalue weighted by molar-refractivity contribution is -0.114. The first-order chi connectivity index (χ1) is 10.4. The van der Waals surface area contributed by atoms with Crippen LogP contribution in [0.25, 0.3) is 0 Å². The summed E-state index contributed by atoms with van der Waals surface area (Å²) in [5.41, 5.74) is -1.19. The first kappa shape index (κ1) is 18.8. The molecule has 9 heteroatoms. The van der Waals surface area contributed by atoms with Crippen LogP contribution in [-0.4, -0.2) is 39.3 Å². The van der Waals surface area contributed by atoms with Crippen molar-refractivity contribution in [2.75, 3.05) is 0 Å². The monoisotopic (exact) mass is 399 g/mol. The third-order valence-electron chi connectivity index (χ3n) is 3.58. The Morgan fingerprint density at radius 3 is 1.43 bits per heavy atom. The third kappa shape index (κ3) is 2.84. The van der Waals surface area contributed by atoms with Crippen LogP contribution in [0.4, 0.5) is 0 Å². The molecular formula is C14H13Cl4NO4. The van der Waals surface area contributed by atoms with E-state index in [1.165, 1.54) is 0 Å². The zero-order chi connectivity index (χ0) is 17.9. The van der Waals surface area contributed by atoms with Crippen molar-refractivity contribution in [3.8, 4) is 0 Å². The zero-order valence-electron chi connectivity index (χ0n) is 12.3. The number of carbonyl (C=O) groups excluding carboxylic acids is 2. The topological polar surface area (TPSA) is 77.8 Å². The molecule has 2 rings (SSSR count). The van der Waals surface area contributed by atoms with E-state index < -0.39 is 29.6 Å². The van der Waals surface area contributed by atoms with E-state index in [9.17, 15) is 19.8 Å². The molecule has 126 valence electrons. The highest BCUT2D eigenvalue weighted by Crippen LogP contribution is 2.46. The Bertz CT molecular complexity index is 665. The van der Waals surface area contributed by atoms with E-state index in [2.05, 4.69) is 0 Å². The molecule has 0 saturated heterocycles. The van der Waals surface area contributed by atoms with E-state index in [1.807, 2.05) is 0 Å². The quantitative estimate of drug-likeness (QED) is 0.344. The largest absolute Gasteiger partial charge is 0.366 e. The molecule has 0 radical (unpaired) electrons. The average Bonchev–Trinajstić information content (AvgIpc) is 2.66. The lowest BCUT2D eigenvalue weighted by Gasteiger charge is -2.37. The molecule has 1 atom stereocenters. The number of benzene rings is 1. The standard InChI is InChI=1S/C14H13Cl4NO4/c1-14(2,3)10(13(22)23)19-11(20)4-5(12(19)21)7(16)9(18)8(17)6(4)15/h10,13,22-23H,1-3H3/t10-/m1/s1. The van der Waals surface area contributed by atoms with Gasteiger partial charge in [-0.1, -0.05) is 67.2 Å². The lowest BCUT2D eigenvalue weighted by Crippen LogP contribution is -2.53. The fraction of sp³-hybridized carbons (Fsp3) is 0.429. The smallest absolute Gasteiger partial charge is 0.263 e. The molecule has 2 N–H and O–H groups in total. The molecule has 2 amide bonds. The zero-order valence-corrected chi connectivity index (χ0v) is 15.3. The minimum atomic E-state index is -1.94. The summed E-state index contributed by atoms with van der Waals surface area (Å²) in [7, 11) is 0. The van der Waals surface area contributed by atoms with Gasteiger partial charge in [-0.3, -0.25) is 14.5 Å². The van der Waals surface area contributed by atoms with E-state index in [0.29, 0.717) is 0 Å². The van der Waals surface area contributed by atoms with Crippen molar-refractivity contribution >= 4 is 58.2 Å². The van der Waals surface area contributed by atoms with E-state index in [-0.39, 0.29) is 31.2 Å². The molecular weight excluding hydrogens is 388 g/mol. The predicted octanol–water partition coefficient (Wildman–Crippen LogP) is 3.62. The van der Waals surface area contributed by atoms with Gasteiger partial charge >= 0.3 is 0 Å². The maximum absolute atomic E-state index is 12.7. The van der Waals surface area contributed by atoms with Gasteiger partial charge in [0.05, 0.1) is 37.3 Å². The summed E-state index contributed by atoms with van der Waals surface area (Å²) in [6, 6.07) is -1.21. The number of aliphatic hydroxyl groups excluding tert-OH is 1. The highest BCUT2D eigenvalue weighted by atomic mass is 35.5.